The Labute approximate surface area is 131 Å². The molecule has 0 bridgehead atoms. The van der Waals surface area contributed by atoms with Crippen molar-refractivity contribution in [2.45, 2.75) is 0 Å². The minimum absolute atomic E-state index is 0.138. The summed E-state index contributed by atoms with van der Waals surface area (Å²) in [5.74, 6) is 0. The number of hydrogen-bond donors (Lipinski definition) is 0. The molecule has 112 valence electrons. The molecule has 3 heterocycles. The van der Waals surface area contributed by atoms with Crippen molar-refractivity contribution < 1.29 is 4.52 Å². The van der Waals surface area contributed by atoms with Gasteiger partial charge < -0.3 is 9.09 Å². The number of pyridine rings is 2. The van der Waals surface area contributed by atoms with E-state index >= 15 is 0 Å². The van der Waals surface area contributed by atoms with Crippen molar-refractivity contribution in [2.75, 3.05) is 0 Å². The van der Waals surface area contributed by atoms with Crippen molar-refractivity contribution in [2.24, 2.45) is 7.05 Å². The zero-order valence-electron chi connectivity index (χ0n) is 12.4. The van der Waals surface area contributed by atoms with E-state index in [2.05, 4.69) is 10.1 Å². The summed E-state index contributed by atoms with van der Waals surface area (Å²) in [6.45, 7) is 0. The Kier molecular flexibility index (Phi) is 3.05. The van der Waals surface area contributed by atoms with E-state index in [1.165, 1.54) is 0 Å². The molecule has 0 saturated heterocycles. The lowest BCUT2D eigenvalue weighted by Crippen LogP contribution is -2.18. The normalized spacial score (nSPS) is 11.0. The number of benzene rings is 1. The van der Waals surface area contributed by atoms with Gasteiger partial charge in [0.2, 0.25) is 0 Å². The largest absolute Gasteiger partial charge is 0.355 e. The van der Waals surface area contributed by atoms with Crippen molar-refractivity contribution in [1.29, 1.82) is 0 Å². The third-order valence-electron chi connectivity index (χ3n) is 3.87. The Morgan fingerprint density at radius 1 is 1.04 bits per heavy atom. The van der Waals surface area contributed by atoms with E-state index in [1.54, 1.807) is 30.1 Å². The SMILES string of the molecule is Cn1c(-c2ccccc2)cc2onc(-c3cccnc3)c2c1=O. The molecule has 0 amide bonds. The standard InChI is InChI=1S/C18H13N3O2/c1-21-14(12-6-3-2-4-7-12)10-15-16(18(21)22)17(20-23-15)13-8-5-9-19-11-13/h2-11H,1H3. The van der Waals surface area contributed by atoms with Crippen molar-refractivity contribution >= 4 is 11.0 Å². The van der Waals surface area contributed by atoms with Crippen LogP contribution in [0.2, 0.25) is 0 Å². The van der Waals surface area contributed by atoms with Crippen LogP contribution < -0.4 is 5.56 Å². The summed E-state index contributed by atoms with van der Waals surface area (Å²) in [6.07, 6.45) is 3.35. The molecule has 0 unspecified atom stereocenters. The minimum Gasteiger partial charge on any atom is -0.355 e. The van der Waals surface area contributed by atoms with E-state index in [9.17, 15) is 4.79 Å². The molecule has 4 aromatic rings. The first-order valence-corrected chi connectivity index (χ1v) is 7.21. The van der Waals surface area contributed by atoms with Crippen LogP contribution in [-0.4, -0.2) is 14.7 Å². The molecule has 1 aromatic carbocycles. The molecule has 0 fully saturated rings. The maximum absolute atomic E-state index is 12.8. The lowest BCUT2D eigenvalue weighted by Gasteiger charge is -2.08. The zero-order valence-corrected chi connectivity index (χ0v) is 12.4. The summed E-state index contributed by atoms with van der Waals surface area (Å²) in [4.78, 5) is 16.9. The van der Waals surface area contributed by atoms with Crippen LogP contribution in [0.4, 0.5) is 0 Å². The van der Waals surface area contributed by atoms with Gasteiger partial charge in [0.05, 0.1) is 5.69 Å². The molecule has 0 saturated carbocycles. The van der Waals surface area contributed by atoms with E-state index in [0.29, 0.717) is 16.7 Å². The topological polar surface area (TPSA) is 60.9 Å². The van der Waals surface area contributed by atoms with Crippen LogP contribution in [0.1, 0.15) is 0 Å². The monoisotopic (exact) mass is 303 g/mol. The second kappa shape index (κ2) is 5.21. The van der Waals surface area contributed by atoms with E-state index in [4.69, 9.17) is 4.52 Å². The smallest absolute Gasteiger partial charge is 0.264 e. The molecule has 0 aliphatic carbocycles. The molecule has 0 aliphatic rings. The van der Waals surface area contributed by atoms with Crippen molar-refractivity contribution in [1.82, 2.24) is 14.7 Å². The van der Waals surface area contributed by atoms with Crippen LogP contribution in [0, 0.1) is 0 Å². The van der Waals surface area contributed by atoms with Crippen LogP contribution >= 0.6 is 0 Å². The summed E-state index contributed by atoms with van der Waals surface area (Å²) in [7, 11) is 1.75. The third-order valence-corrected chi connectivity index (χ3v) is 3.87. The van der Waals surface area contributed by atoms with Crippen LogP contribution in [0.15, 0.2) is 70.2 Å². The highest BCUT2D eigenvalue weighted by molar-refractivity contribution is 5.92. The summed E-state index contributed by atoms with van der Waals surface area (Å²) < 4.78 is 7.03. The van der Waals surface area contributed by atoms with Gasteiger partial charge in [-0.2, -0.15) is 0 Å². The second-order valence-corrected chi connectivity index (χ2v) is 5.27. The van der Waals surface area contributed by atoms with Crippen molar-refractivity contribution in [3.63, 3.8) is 0 Å². The highest BCUT2D eigenvalue weighted by Crippen LogP contribution is 2.28. The number of fused-ring (bicyclic) bond motifs is 1. The number of nitrogens with zero attached hydrogens (tertiary/aromatic N) is 3. The fraction of sp³-hybridized carbons (Fsp3) is 0.0556. The predicted octanol–water partition coefficient (Wildman–Crippen LogP) is 3.26. The molecule has 4 rings (SSSR count). The van der Waals surface area contributed by atoms with E-state index < -0.39 is 0 Å². The van der Waals surface area contributed by atoms with Gasteiger partial charge in [0.25, 0.3) is 5.56 Å². The fourth-order valence-electron chi connectivity index (χ4n) is 2.69. The molecule has 3 aromatic heterocycles. The highest BCUT2D eigenvalue weighted by Gasteiger charge is 2.17. The van der Waals surface area contributed by atoms with Gasteiger partial charge in [-0.1, -0.05) is 35.5 Å². The van der Waals surface area contributed by atoms with Crippen LogP contribution in [0.3, 0.4) is 0 Å². The predicted molar refractivity (Wildman–Crippen MR) is 87.9 cm³/mol. The lowest BCUT2D eigenvalue weighted by atomic mass is 10.1. The van der Waals surface area contributed by atoms with E-state index in [0.717, 1.165) is 16.8 Å². The van der Waals surface area contributed by atoms with Crippen molar-refractivity contribution in [3.8, 4) is 22.5 Å². The van der Waals surface area contributed by atoms with E-state index in [1.807, 2.05) is 42.5 Å². The summed E-state index contributed by atoms with van der Waals surface area (Å²) in [5, 5.41) is 4.55. The van der Waals surface area contributed by atoms with Gasteiger partial charge in [0.15, 0.2) is 5.58 Å². The average Bonchev–Trinajstić information content (AvgIpc) is 3.04. The molecule has 0 N–H and O–H groups in total. The van der Waals surface area contributed by atoms with Gasteiger partial charge in [-0.25, -0.2) is 0 Å². The highest BCUT2D eigenvalue weighted by atomic mass is 16.5. The van der Waals surface area contributed by atoms with Crippen LogP contribution in [0.25, 0.3) is 33.5 Å². The molecule has 0 radical (unpaired) electrons. The molecule has 0 spiro atoms. The lowest BCUT2D eigenvalue weighted by molar-refractivity contribution is 0.459. The molecular weight excluding hydrogens is 290 g/mol. The maximum Gasteiger partial charge on any atom is 0.264 e. The Morgan fingerprint density at radius 3 is 2.57 bits per heavy atom. The first-order valence-electron chi connectivity index (χ1n) is 7.21. The molecule has 5 nitrogen and oxygen atoms in total. The Balaban J connectivity index is 2.01. The Hall–Kier alpha value is -3.21. The molecular formula is C18H13N3O2. The maximum atomic E-state index is 12.8. The van der Waals surface area contributed by atoms with Crippen molar-refractivity contribution in [3.05, 3.63) is 71.3 Å². The average molecular weight is 303 g/mol. The first kappa shape index (κ1) is 13.5. The number of rotatable bonds is 2. The fourth-order valence-corrected chi connectivity index (χ4v) is 2.69. The summed E-state index contributed by atoms with van der Waals surface area (Å²) >= 11 is 0. The summed E-state index contributed by atoms with van der Waals surface area (Å²) in [6, 6.07) is 15.2. The zero-order chi connectivity index (χ0) is 15.8. The quantitative estimate of drug-likeness (QED) is 0.570. The van der Waals surface area contributed by atoms with E-state index in [-0.39, 0.29) is 5.56 Å². The Bertz CT molecular complexity index is 1030. The van der Waals surface area contributed by atoms with Crippen LogP contribution in [-0.2, 0) is 7.05 Å². The first-order chi connectivity index (χ1) is 11.3. The number of aromatic nitrogens is 3. The van der Waals surface area contributed by atoms with Gasteiger partial charge in [0.1, 0.15) is 11.1 Å². The molecule has 0 atom stereocenters. The van der Waals surface area contributed by atoms with Gasteiger partial charge in [-0.05, 0) is 17.7 Å². The third kappa shape index (κ3) is 2.14. The Morgan fingerprint density at radius 2 is 1.83 bits per heavy atom. The minimum atomic E-state index is -0.138. The van der Waals surface area contributed by atoms with Gasteiger partial charge in [0, 0.05) is 31.1 Å². The molecule has 5 heteroatoms. The van der Waals surface area contributed by atoms with Gasteiger partial charge in [-0.3, -0.25) is 9.78 Å². The van der Waals surface area contributed by atoms with Gasteiger partial charge in [-0.15, -0.1) is 0 Å². The molecule has 0 aliphatic heterocycles. The summed E-state index contributed by atoms with van der Waals surface area (Å²) in [5.41, 5.74) is 3.36. The van der Waals surface area contributed by atoms with Crippen LogP contribution in [0.5, 0.6) is 0 Å². The second-order valence-electron chi connectivity index (χ2n) is 5.27. The number of hydrogen-bond acceptors (Lipinski definition) is 4. The van der Waals surface area contributed by atoms with Gasteiger partial charge >= 0.3 is 0 Å². The molecule has 23 heavy (non-hydrogen) atoms.